The van der Waals surface area contributed by atoms with E-state index in [0.29, 0.717) is 11.6 Å². The molecule has 0 saturated heterocycles. The second-order valence-corrected chi connectivity index (χ2v) is 9.87. The van der Waals surface area contributed by atoms with Gasteiger partial charge in [-0.05, 0) is 60.4 Å². The van der Waals surface area contributed by atoms with Crippen LogP contribution in [0.5, 0.6) is 0 Å². The zero-order valence-corrected chi connectivity index (χ0v) is 19.2. The second-order valence-electron chi connectivity index (χ2n) is 7.78. The number of halogens is 1. The number of carbonyl (C=O) groups excluding carboxylic acids is 1. The van der Waals surface area contributed by atoms with Crippen molar-refractivity contribution in [2.45, 2.75) is 24.3 Å². The quantitative estimate of drug-likeness (QED) is 0.559. The molecule has 1 heterocycles. The minimum Gasteiger partial charge on any atom is -0.374 e. The monoisotopic (exact) mass is 469 g/mol. The lowest BCUT2D eigenvalue weighted by molar-refractivity contribution is 0.0950. The fraction of sp³-hybridized carbons (Fsp3) is 0.208. The predicted molar refractivity (Wildman–Crippen MR) is 128 cm³/mol. The molecule has 0 aromatic heterocycles. The third-order valence-corrected chi connectivity index (χ3v) is 7.17. The molecule has 3 aromatic carbocycles. The van der Waals surface area contributed by atoms with Gasteiger partial charge in [0, 0.05) is 31.4 Å². The molecule has 0 atom stereocenters. The molecular weight excluding hydrogens is 446 g/mol. The van der Waals surface area contributed by atoms with Crippen molar-refractivity contribution in [1.29, 1.82) is 0 Å². The third-order valence-electron chi connectivity index (χ3n) is 5.47. The summed E-state index contributed by atoms with van der Waals surface area (Å²) in [6, 6.07) is 18.7. The molecule has 8 heteroatoms. The molecule has 0 radical (unpaired) electrons. The van der Waals surface area contributed by atoms with Gasteiger partial charge in [0.25, 0.3) is 15.9 Å². The van der Waals surface area contributed by atoms with Gasteiger partial charge in [-0.25, -0.2) is 8.42 Å². The van der Waals surface area contributed by atoms with Gasteiger partial charge in [-0.2, -0.15) is 0 Å². The van der Waals surface area contributed by atoms with Crippen LogP contribution in [0.4, 0.5) is 11.4 Å². The number of hydrogen-bond acceptors (Lipinski definition) is 4. The van der Waals surface area contributed by atoms with Crippen molar-refractivity contribution in [1.82, 2.24) is 5.32 Å². The van der Waals surface area contributed by atoms with E-state index in [9.17, 15) is 13.2 Å². The first-order valence-corrected chi connectivity index (χ1v) is 12.2. The van der Waals surface area contributed by atoms with E-state index in [1.165, 1.54) is 23.4 Å². The summed E-state index contributed by atoms with van der Waals surface area (Å²) in [4.78, 5) is 14.9. The van der Waals surface area contributed by atoms with Crippen LogP contribution in [-0.4, -0.2) is 27.9 Å². The average Bonchev–Trinajstić information content (AvgIpc) is 2.79. The van der Waals surface area contributed by atoms with Crippen molar-refractivity contribution < 1.29 is 13.2 Å². The van der Waals surface area contributed by atoms with Crippen molar-refractivity contribution in [3.63, 3.8) is 0 Å². The first kappa shape index (κ1) is 22.2. The first-order valence-electron chi connectivity index (χ1n) is 10.3. The molecule has 1 aliphatic heterocycles. The highest BCUT2D eigenvalue weighted by Gasteiger charge is 2.18. The highest BCUT2D eigenvalue weighted by atomic mass is 35.5. The highest BCUT2D eigenvalue weighted by molar-refractivity contribution is 7.92. The van der Waals surface area contributed by atoms with Crippen molar-refractivity contribution in [3.05, 3.63) is 88.4 Å². The Morgan fingerprint density at radius 2 is 1.88 bits per heavy atom. The second kappa shape index (κ2) is 9.22. The Labute approximate surface area is 193 Å². The number of para-hydroxylation sites is 1. The maximum Gasteiger partial charge on any atom is 0.261 e. The van der Waals surface area contributed by atoms with Crippen molar-refractivity contribution in [3.8, 4) is 0 Å². The fourth-order valence-corrected chi connectivity index (χ4v) is 5.15. The summed E-state index contributed by atoms with van der Waals surface area (Å²) >= 11 is 6.06. The van der Waals surface area contributed by atoms with Gasteiger partial charge < -0.3 is 10.2 Å². The summed E-state index contributed by atoms with van der Waals surface area (Å²) in [5.74, 6) is -0.338. The van der Waals surface area contributed by atoms with Crippen molar-refractivity contribution >= 4 is 38.9 Å². The molecule has 32 heavy (non-hydrogen) atoms. The standard InChI is InChI=1S/C24H24ClN3O3S/c1-28-13-5-7-18-14-17(11-12-23(18)28)16-26-24(29)19-6-4-8-20(15-19)32(30,31)27-22-10-3-2-9-21(22)25/h2-4,6,8-12,14-15,27H,5,7,13,16H2,1H3,(H,26,29). The minimum absolute atomic E-state index is 0.0121. The summed E-state index contributed by atoms with van der Waals surface area (Å²) < 4.78 is 28.0. The summed E-state index contributed by atoms with van der Waals surface area (Å²) in [5.41, 5.74) is 4.07. The number of amides is 1. The summed E-state index contributed by atoms with van der Waals surface area (Å²) in [6.07, 6.45) is 2.14. The largest absolute Gasteiger partial charge is 0.374 e. The Balaban J connectivity index is 1.46. The van der Waals surface area contributed by atoms with Gasteiger partial charge in [-0.3, -0.25) is 9.52 Å². The summed E-state index contributed by atoms with van der Waals surface area (Å²) in [7, 11) is -1.81. The van der Waals surface area contributed by atoms with Crippen LogP contribution in [0.25, 0.3) is 0 Å². The summed E-state index contributed by atoms with van der Waals surface area (Å²) in [5, 5.41) is 3.17. The van der Waals surface area contributed by atoms with Crippen LogP contribution < -0.4 is 14.9 Å². The van der Waals surface area contributed by atoms with Crippen molar-refractivity contribution in [2.24, 2.45) is 0 Å². The SMILES string of the molecule is CN1CCCc2cc(CNC(=O)c3cccc(S(=O)(=O)Nc4ccccc4Cl)c3)ccc21. The van der Waals surface area contributed by atoms with E-state index in [1.807, 2.05) is 6.07 Å². The molecule has 166 valence electrons. The number of nitrogens with one attached hydrogen (secondary N) is 2. The minimum atomic E-state index is -3.89. The maximum atomic E-state index is 12.8. The maximum absolute atomic E-state index is 12.8. The van der Waals surface area contributed by atoms with Gasteiger partial charge in [-0.1, -0.05) is 41.9 Å². The van der Waals surface area contributed by atoms with Gasteiger partial charge in [0.15, 0.2) is 0 Å². The number of hydrogen-bond donors (Lipinski definition) is 2. The van der Waals surface area contributed by atoms with Gasteiger partial charge in [0.1, 0.15) is 0 Å². The molecule has 6 nitrogen and oxygen atoms in total. The van der Waals surface area contributed by atoms with Crippen LogP contribution >= 0.6 is 11.6 Å². The molecule has 0 unspecified atom stereocenters. The number of nitrogens with zero attached hydrogens (tertiary/aromatic N) is 1. The van der Waals surface area contributed by atoms with E-state index in [2.05, 4.69) is 34.1 Å². The highest BCUT2D eigenvalue weighted by Crippen LogP contribution is 2.27. The Hall–Kier alpha value is -3.03. The lowest BCUT2D eigenvalue weighted by Crippen LogP contribution is -2.26. The lowest BCUT2D eigenvalue weighted by atomic mass is 9.99. The van der Waals surface area contributed by atoms with Gasteiger partial charge >= 0.3 is 0 Å². The van der Waals surface area contributed by atoms with Crippen LogP contribution in [0.15, 0.2) is 71.6 Å². The molecule has 0 bridgehead atoms. The Morgan fingerprint density at radius 3 is 2.69 bits per heavy atom. The zero-order valence-electron chi connectivity index (χ0n) is 17.6. The summed E-state index contributed by atoms with van der Waals surface area (Å²) in [6.45, 7) is 1.42. The average molecular weight is 470 g/mol. The fourth-order valence-electron chi connectivity index (χ4n) is 3.79. The molecule has 2 N–H and O–H groups in total. The Bertz CT molecular complexity index is 1260. The molecule has 0 saturated carbocycles. The Kier molecular flexibility index (Phi) is 6.39. The normalized spacial score (nSPS) is 13.4. The number of carbonyl (C=O) groups is 1. The van der Waals surface area contributed by atoms with E-state index in [4.69, 9.17) is 11.6 Å². The van der Waals surface area contributed by atoms with E-state index < -0.39 is 10.0 Å². The molecule has 0 spiro atoms. The number of anilines is 2. The van der Waals surface area contributed by atoms with E-state index >= 15 is 0 Å². The number of fused-ring (bicyclic) bond motifs is 1. The van der Waals surface area contributed by atoms with Crippen LogP contribution in [0, 0.1) is 0 Å². The number of rotatable bonds is 6. The number of benzene rings is 3. The lowest BCUT2D eigenvalue weighted by Gasteiger charge is -2.27. The van der Waals surface area contributed by atoms with Crippen LogP contribution in [0.1, 0.15) is 27.9 Å². The van der Waals surface area contributed by atoms with Crippen LogP contribution in [0.3, 0.4) is 0 Å². The molecule has 1 aliphatic rings. The van der Waals surface area contributed by atoms with Gasteiger partial charge in [0.2, 0.25) is 0 Å². The molecule has 1 amide bonds. The molecule has 0 fully saturated rings. The molecule has 3 aromatic rings. The van der Waals surface area contributed by atoms with E-state index in [0.717, 1.165) is 24.9 Å². The first-order chi connectivity index (χ1) is 15.3. The topological polar surface area (TPSA) is 78.5 Å². The number of sulfonamides is 1. The number of aryl methyl sites for hydroxylation is 1. The molecule has 4 rings (SSSR count). The Morgan fingerprint density at radius 1 is 1.06 bits per heavy atom. The molecular formula is C24H24ClN3O3S. The van der Waals surface area contributed by atoms with Gasteiger partial charge in [0.05, 0.1) is 15.6 Å². The third kappa shape index (κ3) is 4.89. The van der Waals surface area contributed by atoms with Crippen LogP contribution in [-0.2, 0) is 23.0 Å². The van der Waals surface area contributed by atoms with E-state index in [1.54, 1.807) is 36.4 Å². The molecule has 0 aliphatic carbocycles. The predicted octanol–water partition coefficient (Wildman–Crippen LogP) is 4.45. The van der Waals surface area contributed by atoms with Crippen molar-refractivity contribution in [2.75, 3.05) is 23.2 Å². The smallest absolute Gasteiger partial charge is 0.261 e. The van der Waals surface area contributed by atoms with Gasteiger partial charge in [-0.15, -0.1) is 0 Å². The van der Waals surface area contributed by atoms with Crippen LogP contribution in [0.2, 0.25) is 5.02 Å². The zero-order chi connectivity index (χ0) is 22.7. The van der Waals surface area contributed by atoms with E-state index in [-0.39, 0.29) is 22.1 Å².